The molecule has 0 N–H and O–H groups in total. The number of hydrogen-bond acceptors (Lipinski definition) is 5. The number of thiophene rings is 1. The Kier molecular flexibility index (Phi) is 5.83. The van der Waals surface area contributed by atoms with Crippen LogP contribution in [0.3, 0.4) is 0 Å². The van der Waals surface area contributed by atoms with Gasteiger partial charge in [0.1, 0.15) is 16.9 Å². The second kappa shape index (κ2) is 8.27. The van der Waals surface area contributed by atoms with Crippen molar-refractivity contribution in [1.29, 1.82) is 0 Å². The summed E-state index contributed by atoms with van der Waals surface area (Å²) in [5.41, 5.74) is 0.753. The van der Waals surface area contributed by atoms with Crippen molar-refractivity contribution in [2.45, 2.75) is 33.6 Å². The highest BCUT2D eigenvalue weighted by Gasteiger charge is 2.07. The molecule has 0 aliphatic carbocycles. The van der Waals surface area contributed by atoms with Crippen LogP contribution in [0.2, 0.25) is 0 Å². The SMILES string of the molecule is CCc1cc2c(=O)n(/N=C\c3ccc(OCCC(C)C)cc3)cnc2s1. The van der Waals surface area contributed by atoms with E-state index in [2.05, 4.69) is 30.9 Å². The fourth-order valence-corrected chi connectivity index (χ4v) is 3.34. The number of aryl methyl sites for hydroxylation is 1. The quantitative estimate of drug-likeness (QED) is 0.583. The molecule has 0 amide bonds. The van der Waals surface area contributed by atoms with Crippen molar-refractivity contribution < 1.29 is 4.74 Å². The molecule has 3 rings (SSSR count). The molecule has 3 aromatic rings. The number of aromatic nitrogens is 2. The van der Waals surface area contributed by atoms with Crippen molar-refractivity contribution in [2.24, 2.45) is 11.0 Å². The molecule has 0 atom stereocenters. The third-order valence-corrected chi connectivity index (χ3v) is 5.20. The molecule has 0 saturated heterocycles. The van der Waals surface area contributed by atoms with Gasteiger partial charge in [0.2, 0.25) is 0 Å². The molecule has 0 aliphatic heterocycles. The van der Waals surface area contributed by atoms with Gasteiger partial charge >= 0.3 is 0 Å². The molecule has 26 heavy (non-hydrogen) atoms. The van der Waals surface area contributed by atoms with Crippen LogP contribution < -0.4 is 10.3 Å². The van der Waals surface area contributed by atoms with E-state index in [0.717, 1.165) is 33.9 Å². The lowest BCUT2D eigenvalue weighted by Gasteiger charge is -2.07. The van der Waals surface area contributed by atoms with Gasteiger partial charge in [-0.05, 0) is 54.7 Å². The van der Waals surface area contributed by atoms with E-state index in [0.29, 0.717) is 17.9 Å². The number of nitrogens with zero attached hydrogens (tertiary/aromatic N) is 3. The monoisotopic (exact) mass is 369 g/mol. The van der Waals surface area contributed by atoms with Crippen LogP contribution in [-0.4, -0.2) is 22.5 Å². The molecule has 6 heteroatoms. The minimum Gasteiger partial charge on any atom is -0.494 e. The summed E-state index contributed by atoms with van der Waals surface area (Å²) in [6, 6.07) is 9.58. The Morgan fingerprint density at radius 1 is 1.31 bits per heavy atom. The van der Waals surface area contributed by atoms with Crippen molar-refractivity contribution >= 4 is 27.8 Å². The van der Waals surface area contributed by atoms with Crippen molar-refractivity contribution in [3.05, 3.63) is 57.5 Å². The van der Waals surface area contributed by atoms with Gasteiger partial charge in [-0.25, -0.2) is 4.98 Å². The smallest absolute Gasteiger partial charge is 0.282 e. The maximum atomic E-state index is 12.5. The molecule has 0 bridgehead atoms. The summed E-state index contributed by atoms with van der Waals surface area (Å²) in [6.45, 7) is 7.14. The predicted molar refractivity (Wildman–Crippen MR) is 108 cm³/mol. The first kappa shape index (κ1) is 18.3. The van der Waals surface area contributed by atoms with Gasteiger partial charge in [0.15, 0.2) is 0 Å². The Labute approximate surface area is 157 Å². The molecule has 136 valence electrons. The fourth-order valence-electron chi connectivity index (χ4n) is 2.41. The van der Waals surface area contributed by atoms with E-state index in [1.165, 1.54) is 11.0 Å². The molecular formula is C20H23N3O2S. The Balaban J connectivity index is 1.72. The van der Waals surface area contributed by atoms with Crippen molar-refractivity contribution in [3.63, 3.8) is 0 Å². The first-order chi connectivity index (χ1) is 12.6. The van der Waals surface area contributed by atoms with E-state index in [4.69, 9.17) is 4.74 Å². The van der Waals surface area contributed by atoms with Gasteiger partial charge in [-0.3, -0.25) is 4.79 Å². The van der Waals surface area contributed by atoms with Crippen LogP contribution in [-0.2, 0) is 6.42 Å². The van der Waals surface area contributed by atoms with Crippen molar-refractivity contribution in [1.82, 2.24) is 9.66 Å². The fraction of sp³-hybridized carbons (Fsp3) is 0.350. The number of rotatable bonds is 7. The number of fused-ring (bicyclic) bond motifs is 1. The molecule has 2 heterocycles. The van der Waals surface area contributed by atoms with Gasteiger partial charge in [-0.2, -0.15) is 9.78 Å². The molecule has 0 spiro atoms. The highest BCUT2D eigenvalue weighted by molar-refractivity contribution is 7.18. The molecule has 0 unspecified atom stereocenters. The van der Waals surface area contributed by atoms with E-state index in [9.17, 15) is 4.79 Å². The predicted octanol–water partition coefficient (Wildman–Crippen LogP) is 4.33. The second-order valence-corrected chi connectivity index (χ2v) is 7.64. The average Bonchev–Trinajstić information content (AvgIpc) is 3.06. The zero-order valence-corrected chi connectivity index (χ0v) is 16.1. The lowest BCUT2D eigenvalue weighted by Crippen LogP contribution is -2.16. The first-order valence-corrected chi connectivity index (χ1v) is 9.65. The normalized spacial score (nSPS) is 11.7. The van der Waals surface area contributed by atoms with Crippen LogP contribution in [0.5, 0.6) is 5.75 Å². The molecule has 0 radical (unpaired) electrons. The molecule has 0 fully saturated rings. The van der Waals surface area contributed by atoms with Gasteiger partial charge in [0.05, 0.1) is 18.2 Å². The lowest BCUT2D eigenvalue weighted by molar-refractivity contribution is 0.289. The zero-order chi connectivity index (χ0) is 18.5. The Hall–Kier alpha value is -2.47. The van der Waals surface area contributed by atoms with Gasteiger partial charge in [0, 0.05) is 4.88 Å². The van der Waals surface area contributed by atoms with E-state index >= 15 is 0 Å². The van der Waals surface area contributed by atoms with Crippen LogP contribution in [0.15, 0.2) is 46.6 Å². The third-order valence-electron chi connectivity index (χ3n) is 4.01. The number of hydrogen-bond donors (Lipinski definition) is 0. The second-order valence-electron chi connectivity index (χ2n) is 6.52. The standard InChI is InChI=1S/C20H23N3O2S/c1-4-17-11-18-19(26-17)21-13-23(20(18)24)22-12-15-5-7-16(8-6-15)25-10-9-14(2)3/h5-8,11-14H,4,9-10H2,1-3H3/b22-12-. The topological polar surface area (TPSA) is 56.5 Å². The Morgan fingerprint density at radius 2 is 2.08 bits per heavy atom. The van der Waals surface area contributed by atoms with Gasteiger partial charge in [-0.1, -0.05) is 20.8 Å². The summed E-state index contributed by atoms with van der Waals surface area (Å²) in [4.78, 5) is 18.8. The van der Waals surface area contributed by atoms with Crippen molar-refractivity contribution in [2.75, 3.05) is 6.61 Å². The summed E-state index contributed by atoms with van der Waals surface area (Å²) in [7, 11) is 0. The van der Waals surface area contributed by atoms with Crippen LogP contribution in [0.1, 0.15) is 37.6 Å². The highest BCUT2D eigenvalue weighted by atomic mass is 32.1. The third kappa shape index (κ3) is 4.38. The van der Waals surface area contributed by atoms with E-state index in [1.807, 2.05) is 30.3 Å². The first-order valence-electron chi connectivity index (χ1n) is 8.84. The van der Waals surface area contributed by atoms with Gasteiger partial charge in [-0.15, -0.1) is 11.3 Å². The summed E-state index contributed by atoms with van der Waals surface area (Å²) in [5.74, 6) is 1.47. The van der Waals surface area contributed by atoms with Crippen LogP contribution in [0.4, 0.5) is 0 Å². The maximum Gasteiger partial charge on any atom is 0.282 e. The van der Waals surface area contributed by atoms with E-state index in [1.54, 1.807) is 17.6 Å². The Bertz CT molecular complexity index is 955. The zero-order valence-electron chi connectivity index (χ0n) is 15.3. The highest BCUT2D eigenvalue weighted by Crippen LogP contribution is 2.21. The molecule has 5 nitrogen and oxygen atoms in total. The largest absolute Gasteiger partial charge is 0.494 e. The molecule has 0 aliphatic rings. The summed E-state index contributed by atoms with van der Waals surface area (Å²) >= 11 is 1.55. The lowest BCUT2D eigenvalue weighted by atomic mass is 10.1. The molecule has 2 aromatic heterocycles. The molecule has 1 aromatic carbocycles. The molecule has 0 saturated carbocycles. The van der Waals surface area contributed by atoms with E-state index < -0.39 is 0 Å². The summed E-state index contributed by atoms with van der Waals surface area (Å²) in [6.07, 6.45) is 5.06. The van der Waals surface area contributed by atoms with Crippen molar-refractivity contribution in [3.8, 4) is 5.75 Å². The summed E-state index contributed by atoms with van der Waals surface area (Å²) < 4.78 is 6.99. The molecular weight excluding hydrogens is 346 g/mol. The minimum atomic E-state index is -0.143. The number of ether oxygens (including phenoxy) is 1. The van der Waals surface area contributed by atoms with Crippen LogP contribution in [0.25, 0.3) is 10.2 Å². The van der Waals surface area contributed by atoms with Crippen LogP contribution >= 0.6 is 11.3 Å². The minimum absolute atomic E-state index is 0.143. The van der Waals surface area contributed by atoms with Crippen LogP contribution in [0, 0.1) is 5.92 Å². The maximum absolute atomic E-state index is 12.5. The summed E-state index contributed by atoms with van der Waals surface area (Å²) in [5, 5.41) is 4.88. The Morgan fingerprint density at radius 3 is 2.77 bits per heavy atom. The average molecular weight is 369 g/mol. The number of benzene rings is 1. The van der Waals surface area contributed by atoms with Gasteiger partial charge < -0.3 is 4.74 Å². The van der Waals surface area contributed by atoms with E-state index in [-0.39, 0.29) is 5.56 Å². The van der Waals surface area contributed by atoms with Gasteiger partial charge in [0.25, 0.3) is 5.56 Å².